The van der Waals surface area contributed by atoms with Crippen LogP contribution in [0.5, 0.6) is 0 Å². The molecule has 0 bridgehead atoms. The summed E-state index contributed by atoms with van der Waals surface area (Å²) in [4.78, 5) is 0. The van der Waals surface area contributed by atoms with Gasteiger partial charge >= 0.3 is 0 Å². The monoisotopic (exact) mass is 170 g/mol. The molecule has 1 rings (SSSR count). The highest BCUT2D eigenvalue weighted by molar-refractivity contribution is 5.05. The minimum Gasteiger partial charge on any atom is -0.353 e. The number of hydrogen-bond donors (Lipinski definition) is 0. The first kappa shape index (κ1) is 9.75. The molecule has 0 heterocycles. The Kier molecular flexibility index (Phi) is 3.29. The van der Waals surface area contributed by atoms with Crippen molar-refractivity contribution in [3.8, 4) is 0 Å². The van der Waals surface area contributed by atoms with Crippen molar-refractivity contribution in [2.45, 2.75) is 38.9 Å². The number of ether oxygens (including phenoxy) is 2. The molecule has 1 aliphatic carbocycles. The van der Waals surface area contributed by atoms with Crippen LogP contribution in [0.3, 0.4) is 0 Å². The summed E-state index contributed by atoms with van der Waals surface area (Å²) in [6, 6.07) is 0. The lowest BCUT2D eigenvalue weighted by molar-refractivity contribution is -0.223. The Hall–Kier alpha value is -0.340. The normalized spacial score (nSPS) is 30.1. The minimum atomic E-state index is -0.325. The van der Waals surface area contributed by atoms with Crippen molar-refractivity contribution >= 4 is 0 Å². The van der Waals surface area contributed by atoms with E-state index in [2.05, 4.69) is 13.0 Å². The molecule has 70 valence electrons. The molecule has 0 aromatic heterocycles. The molecular weight excluding hydrogens is 152 g/mol. The van der Waals surface area contributed by atoms with Crippen LogP contribution >= 0.6 is 0 Å². The van der Waals surface area contributed by atoms with E-state index in [1.54, 1.807) is 7.11 Å². The van der Waals surface area contributed by atoms with Crippen molar-refractivity contribution in [2.24, 2.45) is 0 Å². The highest BCUT2D eigenvalue weighted by atomic mass is 16.7. The van der Waals surface area contributed by atoms with E-state index in [-0.39, 0.29) is 5.79 Å². The summed E-state index contributed by atoms with van der Waals surface area (Å²) in [7, 11) is 1.73. The van der Waals surface area contributed by atoms with E-state index in [0.717, 1.165) is 25.9 Å². The molecule has 0 radical (unpaired) electrons. The predicted molar refractivity (Wildman–Crippen MR) is 49.0 cm³/mol. The molecule has 2 nitrogen and oxygen atoms in total. The van der Waals surface area contributed by atoms with Gasteiger partial charge in [0, 0.05) is 26.6 Å². The van der Waals surface area contributed by atoms with E-state index in [4.69, 9.17) is 9.47 Å². The van der Waals surface area contributed by atoms with E-state index in [0.29, 0.717) is 0 Å². The van der Waals surface area contributed by atoms with Gasteiger partial charge in [0.2, 0.25) is 0 Å². The zero-order valence-corrected chi connectivity index (χ0v) is 8.22. The van der Waals surface area contributed by atoms with E-state index >= 15 is 0 Å². The molecule has 0 N–H and O–H groups in total. The fraction of sp³-hybridized carbons (Fsp3) is 0.800. The van der Waals surface area contributed by atoms with Crippen LogP contribution in [0.2, 0.25) is 0 Å². The Morgan fingerprint density at radius 2 is 2.33 bits per heavy atom. The third-order valence-electron chi connectivity index (χ3n) is 2.44. The fourth-order valence-electron chi connectivity index (χ4n) is 1.56. The summed E-state index contributed by atoms with van der Waals surface area (Å²) in [5.41, 5.74) is 1.45. The molecule has 0 fully saturated rings. The largest absolute Gasteiger partial charge is 0.353 e. The van der Waals surface area contributed by atoms with E-state index < -0.39 is 0 Å². The summed E-state index contributed by atoms with van der Waals surface area (Å²) in [5.74, 6) is -0.325. The SMILES string of the molecule is CCOC1(OC)CC=C(C)CC1. The number of allylic oxidation sites excluding steroid dienone is 1. The molecule has 0 aromatic rings. The van der Waals surface area contributed by atoms with E-state index in [9.17, 15) is 0 Å². The standard InChI is InChI=1S/C10H18O2/c1-4-12-10(11-3)7-5-9(2)6-8-10/h5H,4,6-8H2,1-3H3. The summed E-state index contributed by atoms with van der Waals surface area (Å²) in [6.45, 7) is 4.89. The van der Waals surface area contributed by atoms with Crippen LogP contribution in [0, 0.1) is 0 Å². The van der Waals surface area contributed by atoms with Crippen molar-refractivity contribution in [1.29, 1.82) is 0 Å². The van der Waals surface area contributed by atoms with Crippen LogP contribution in [0.25, 0.3) is 0 Å². The highest BCUT2D eigenvalue weighted by Crippen LogP contribution is 2.31. The van der Waals surface area contributed by atoms with Gasteiger partial charge in [-0.1, -0.05) is 11.6 Å². The van der Waals surface area contributed by atoms with Crippen LogP contribution < -0.4 is 0 Å². The highest BCUT2D eigenvalue weighted by Gasteiger charge is 2.31. The van der Waals surface area contributed by atoms with Gasteiger partial charge in [0.1, 0.15) is 0 Å². The molecule has 0 saturated carbocycles. The van der Waals surface area contributed by atoms with Crippen molar-refractivity contribution in [2.75, 3.05) is 13.7 Å². The molecule has 0 aliphatic heterocycles. The van der Waals surface area contributed by atoms with Crippen LogP contribution in [0.15, 0.2) is 11.6 Å². The topological polar surface area (TPSA) is 18.5 Å². The second kappa shape index (κ2) is 4.06. The van der Waals surface area contributed by atoms with Gasteiger partial charge in [-0.15, -0.1) is 0 Å². The third-order valence-corrected chi connectivity index (χ3v) is 2.44. The molecule has 1 unspecified atom stereocenters. The zero-order chi connectivity index (χ0) is 9.03. The quantitative estimate of drug-likeness (QED) is 0.478. The maximum Gasteiger partial charge on any atom is 0.171 e. The van der Waals surface area contributed by atoms with Gasteiger partial charge in [0.25, 0.3) is 0 Å². The van der Waals surface area contributed by atoms with Gasteiger partial charge in [-0.05, 0) is 20.3 Å². The molecule has 0 saturated heterocycles. The van der Waals surface area contributed by atoms with Crippen molar-refractivity contribution < 1.29 is 9.47 Å². The summed E-state index contributed by atoms with van der Waals surface area (Å²) in [5, 5.41) is 0. The van der Waals surface area contributed by atoms with Crippen LogP contribution in [-0.4, -0.2) is 19.5 Å². The first-order valence-corrected chi connectivity index (χ1v) is 4.57. The van der Waals surface area contributed by atoms with Crippen LogP contribution in [-0.2, 0) is 9.47 Å². The second-order valence-corrected chi connectivity index (χ2v) is 3.30. The Bertz CT molecular complexity index is 175. The fourth-order valence-corrected chi connectivity index (χ4v) is 1.56. The Labute approximate surface area is 74.6 Å². The van der Waals surface area contributed by atoms with Crippen molar-refractivity contribution in [3.05, 3.63) is 11.6 Å². The van der Waals surface area contributed by atoms with Gasteiger partial charge in [0.05, 0.1) is 0 Å². The first-order chi connectivity index (χ1) is 5.72. The average Bonchev–Trinajstić information content (AvgIpc) is 2.10. The molecule has 2 heteroatoms. The predicted octanol–water partition coefficient (Wildman–Crippen LogP) is 2.50. The Morgan fingerprint density at radius 1 is 1.58 bits per heavy atom. The maximum absolute atomic E-state index is 5.60. The smallest absolute Gasteiger partial charge is 0.171 e. The molecule has 1 aliphatic rings. The number of hydrogen-bond acceptors (Lipinski definition) is 2. The number of methoxy groups -OCH3 is 1. The van der Waals surface area contributed by atoms with Crippen LogP contribution in [0.1, 0.15) is 33.1 Å². The number of rotatable bonds is 3. The lowest BCUT2D eigenvalue weighted by Gasteiger charge is -2.34. The second-order valence-electron chi connectivity index (χ2n) is 3.30. The lowest BCUT2D eigenvalue weighted by Crippen LogP contribution is -2.36. The van der Waals surface area contributed by atoms with Crippen molar-refractivity contribution in [3.63, 3.8) is 0 Å². The van der Waals surface area contributed by atoms with Gasteiger partial charge in [-0.2, -0.15) is 0 Å². The average molecular weight is 170 g/mol. The molecule has 0 aromatic carbocycles. The first-order valence-electron chi connectivity index (χ1n) is 4.57. The molecular formula is C10H18O2. The maximum atomic E-state index is 5.60. The van der Waals surface area contributed by atoms with Gasteiger partial charge < -0.3 is 9.47 Å². The lowest BCUT2D eigenvalue weighted by atomic mass is 9.95. The summed E-state index contributed by atoms with van der Waals surface area (Å²) >= 11 is 0. The summed E-state index contributed by atoms with van der Waals surface area (Å²) in [6.07, 6.45) is 5.18. The molecule has 12 heavy (non-hydrogen) atoms. The van der Waals surface area contributed by atoms with Crippen LogP contribution in [0.4, 0.5) is 0 Å². The van der Waals surface area contributed by atoms with Gasteiger partial charge in [-0.25, -0.2) is 0 Å². The third kappa shape index (κ3) is 2.08. The van der Waals surface area contributed by atoms with E-state index in [1.165, 1.54) is 5.57 Å². The molecule has 1 atom stereocenters. The van der Waals surface area contributed by atoms with E-state index in [1.807, 2.05) is 6.92 Å². The van der Waals surface area contributed by atoms with Gasteiger partial charge in [0.15, 0.2) is 5.79 Å². The van der Waals surface area contributed by atoms with Gasteiger partial charge in [-0.3, -0.25) is 0 Å². The minimum absolute atomic E-state index is 0.325. The Balaban J connectivity index is 2.58. The Morgan fingerprint density at radius 3 is 2.75 bits per heavy atom. The summed E-state index contributed by atoms with van der Waals surface area (Å²) < 4.78 is 11.0. The van der Waals surface area contributed by atoms with Crippen molar-refractivity contribution in [1.82, 2.24) is 0 Å². The molecule has 0 amide bonds. The molecule has 0 spiro atoms. The zero-order valence-electron chi connectivity index (χ0n) is 8.22.